The number of hydrogen-bond acceptors (Lipinski definition) is 2. The van der Waals surface area contributed by atoms with Gasteiger partial charge in [0.1, 0.15) is 0 Å². The van der Waals surface area contributed by atoms with E-state index < -0.39 is 0 Å². The van der Waals surface area contributed by atoms with Crippen molar-refractivity contribution in [3.63, 3.8) is 0 Å². The molecule has 0 heterocycles. The quantitative estimate of drug-likeness (QED) is 0.723. The molecule has 2 N–H and O–H groups in total. The minimum Gasteiger partial charge on any atom is -0.374 e. The summed E-state index contributed by atoms with van der Waals surface area (Å²) in [5.74, 6) is 0. The first-order valence-electron chi connectivity index (χ1n) is 3.85. The van der Waals surface area contributed by atoms with Crippen molar-refractivity contribution in [2.45, 2.75) is 45.8 Å². The molecule has 0 fully saturated rings. The predicted molar refractivity (Wildman–Crippen MR) is 51.2 cm³/mol. The number of rotatable bonds is 3. The smallest absolute Gasteiger partial charge is 0.0624 e. The molecule has 1 atom stereocenters. The maximum atomic E-state index is 5.66. The van der Waals surface area contributed by atoms with Crippen LogP contribution in [0.4, 0.5) is 0 Å². The molecule has 0 amide bonds. The summed E-state index contributed by atoms with van der Waals surface area (Å²) in [6.07, 6.45) is 0.982. The first kappa shape index (κ1) is 13.8. The molecular formula is C8H20ClNO. The summed E-state index contributed by atoms with van der Waals surface area (Å²) in [7, 11) is 0. The minimum absolute atomic E-state index is 0. The Kier molecular flexibility index (Phi) is 7.28. The van der Waals surface area contributed by atoms with E-state index in [0.717, 1.165) is 6.42 Å². The molecule has 0 unspecified atom stereocenters. The van der Waals surface area contributed by atoms with Gasteiger partial charge in [0, 0.05) is 6.04 Å². The van der Waals surface area contributed by atoms with Crippen LogP contribution in [0.5, 0.6) is 0 Å². The van der Waals surface area contributed by atoms with Gasteiger partial charge in [-0.25, -0.2) is 0 Å². The van der Waals surface area contributed by atoms with Crippen LogP contribution in [-0.4, -0.2) is 18.2 Å². The van der Waals surface area contributed by atoms with E-state index in [-0.39, 0.29) is 24.0 Å². The second-order valence-electron chi connectivity index (χ2n) is 3.59. The molecule has 0 radical (unpaired) electrons. The molecule has 0 spiro atoms. The first-order chi connectivity index (χ1) is 4.45. The summed E-state index contributed by atoms with van der Waals surface area (Å²) in [6, 6.07) is 0.194. The predicted octanol–water partition coefficient (Wildman–Crippen LogP) is 1.96. The van der Waals surface area contributed by atoms with Crippen LogP contribution in [0.2, 0.25) is 0 Å². The van der Waals surface area contributed by atoms with Crippen molar-refractivity contribution in [2.24, 2.45) is 5.73 Å². The lowest BCUT2D eigenvalue weighted by molar-refractivity contribution is -0.0102. The van der Waals surface area contributed by atoms with E-state index in [0.29, 0.717) is 6.61 Å². The highest BCUT2D eigenvalue weighted by Gasteiger charge is 2.11. The van der Waals surface area contributed by atoms with Gasteiger partial charge in [0.05, 0.1) is 12.2 Å². The van der Waals surface area contributed by atoms with Gasteiger partial charge in [-0.05, 0) is 27.2 Å². The average molecular weight is 182 g/mol. The normalized spacial score (nSPS) is 13.9. The molecule has 0 aliphatic heterocycles. The van der Waals surface area contributed by atoms with Gasteiger partial charge in [-0.15, -0.1) is 12.4 Å². The standard InChI is InChI=1S/C8H19NO.ClH/c1-5-7(9)6-10-8(2,3)4;/h7H,5-6,9H2,1-4H3;1H/t7-;/m0./s1. The summed E-state index contributed by atoms with van der Waals surface area (Å²) in [5.41, 5.74) is 5.61. The monoisotopic (exact) mass is 181 g/mol. The van der Waals surface area contributed by atoms with Gasteiger partial charge in [0.25, 0.3) is 0 Å². The van der Waals surface area contributed by atoms with Crippen LogP contribution in [0.1, 0.15) is 34.1 Å². The number of hydrogen-bond donors (Lipinski definition) is 1. The zero-order chi connectivity index (χ0) is 8.20. The van der Waals surface area contributed by atoms with Crippen molar-refractivity contribution in [1.29, 1.82) is 0 Å². The molecule has 0 saturated carbocycles. The Morgan fingerprint density at radius 3 is 2.09 bits per heavy atom. The minimum atomic E-state index is -0.0488. The molecule has 0 saturated heterocycles. The molecule has 0 aromatic rings. The second-order valence-corrected chi connectivity index (χ2v) is 3.59. The summed E-state index contributed by atoms with van der Waals surface area (Å²) in [4.78, 5) is 0. The molecule has 0 aliphatic carbocycles. The number of halogens is 1. The Hall–Kier alpha value is 0.210. The van der Waals surface area contributed by atoms with Crippen molar-refractivity contribution in [2.75, 3.05) is 6.61 Å². The van der Waals surface area contributed by atoms with Crippen molar-refractivity contribution < 1.29 is 4.74 Å². The first-order valence-corrected chi connectivity index (χ1v) is 3.85. The molecule has 0 aromatic heterocycles. The molecule has 0 rings (SSSR count). The molecule has 70 valence electrons. The van der Waals surface area contributed by atoms with Gasteiger partial charge in [0.15, 0.2) is 0 Å². The molecule has 11 heavy (non-hydrogen) atoms. The Morgan fingerprint density at radius 1 is 1.36 bits per heavy atom. The molecular weight excluding hydrogens is 162 g/mol. The van der Waals surface area contributed by atoms with Crippen molar-refractivity contribution in [3.8, 4) is 0 Å². The van der Waals surface area contributed by atoms with Crippen LogP contribution in [0.25, 0.3) is 0 Å². The molecule has 2 nitrogen and oxygen atoms in total. The van der Waals surface area contributed by atoms with Crippen molar-refractivity contribution in [1.82, 2.24) is 0 Å². The third-order valence-corrected chi connectivity index (χ3v) is 1.25. The zero-order valence-electron chi connectivity index (χ0n) is 7.89. The Balaban J connectivity index is 0. The van der Waals surface area contributed by atoms with Crippen LogP contribution < -0.4 is 5.73 Å². The summed E-state index contributed by atoms with van der Waals surface area (Å²) in [5, 5.41) is 0. The fraction of sp³-hybridized carbons (Fsp3) is 1.00. The fourth-order valence-electron chi connectivity index (χ4n) is 0.475. The number of ether oxygens (including phenoxy) is 1. The lowest BCUT2D eigenvalue weighted by atomic mass is 10.2. The third-order valence-electron chi connectivity index (χ3n) is 1.25. The summed E-state index contributed by atoms with van der Waals surface area (Å²) >= 11 is 0. The van der Waals surface area contributed by atoms with E-state index in [1.165, 1.54) is 0 Å². The van der Waals surface area contributed by atoms with Gasteiger partial charge >= 0.3 is 0 Å². The highest BCUT2D eigenvalue weighted by atomic mass is 35.5. The number of nitrogens with two attached hydrogens (primary N) is 1. The fourth-order valence-corrected chi connectivity index (χ4v) is 0.475. The van der Waals surface area contributed by atoms with Crippen LogP contribution in [0.15, 0.2) is 0 Å². The summed E-state index contributed by atoms with van der Waals surface area (Å²) in [6.45, 7) is 8.84. The van der Waals surface area contributed by atoms with Gasteiger partial charge in [-0.3, -0.25) is 0 Å². The van der Waals surface area contributed by atoms with E-state index in [4.69, 9.17) is 10.5 Å². The van der Waals surface area contributed by atoms with E-state index >= 15 is 0 Å². The van der Waals surface area contributed by atoms with Gasteiger partial charge in [-0.2, -0.15) is 0 Å². The highest BCUT2D eigenvalue weighted by molar-refractivity contribution is 5.85. The SMILES string of the molecule is CC[C@H](N)COC(C)(C)C.Cl. The van der Waals surface area contributed by atoms with Crippen LogP contribution in [0.3, 0.4) is 0 Å². The lowest BCUT2D eigenvalue weighted by Crippen LogP contribution is -2.31. The highest BCUT2D eigenvalue weighted by Crippen LogP contribution is 2.06. The second kappa shape index (κ2) is 5.81. The Labute approximate surface area is 75.9 Å². The van der Waals surface area contributed by atoms with Crippen LogP contribution in [0, 0.1) is 0 Å². The van der Waals surface area contributed by atoms with E-state index in [9.17, 15) is 0 Å². The van der Waals surface area contributed by atoms with Gasteiger partial charge in [0.2, 0.25) is 0 Å². The Morgan fingerprint density at radius 2 is 1.82 bits per heavy atom. The van der Waals surface area contributed by atoms with Crippen molar-refractivity contribution >= 4 is 12.4 Å². The average Bonchev–Trinajstić information content (AvgIpc) is 1.81. The maximum absolute atomic E-state index is 5.66. The van der Waals surface area contributed by atoms with Gasteiger partial charge < -0.3 is 10.5 Å². The van der Waals surface area contributed by atoms with E-state index in [1.54, 1.807) is 0 Å². The van der Waals surface area contributed by atoms with Crippen LogP contribution >= 0.6 is 12.4 Å². The molecule has 0 aliphatic rings. The summed E-state index contributed by atoms with van der Waals surface area (Å²) < 4.78 is 5.46. The van der Waals surface area contributed by atoms with Crippen LogP contribution in [-0.2, 0) is 4.74 Å². The van der Waals surface area contributed by atoms with E-state index in [1.807, 2.05) is 20.8 Å². The van der Waals surface area contributed by atoms with Crippen molar-refractivity contribution in [3.05, 3.63) is 0 Å². The van der Waals surface area contributed by atoms with Gasteiger partial charge in [-0.1, -0.05) is 6.92 Å². The molecule has 0 aromatic carbocycles. The molecule has 3 heteroatoms. The molecule has 0 bridgehead atoms. The third kappa shape index (κ3) is 10.2. The maximum Gasteiger partial charge on any atom is 0.0624 e. The lowest BCUT2D eigenvalue weighted by Gasteiger charge is -2.21. The topological polar surface area (TPSA) is 35.2 Å². The zero-order valence-corrected chi connectivity index (χ0v) is 8.70. The van der Waals surface area contributed by atoms with E-state index in [2.05, 4.69) is 6.92 Å². The largest absolute Gasteiger partial charge is 0.374 e. The Bertz CT molecular complexity index is 90.6.